The van der Waals surface area contributed by atoms with Gasteiger partial charge in [-0.15, -0.1) is 0 Å². The molecule has 4 fully saturated rings. The van der Waals surface area contributed by atoms with E-state index in [4.69, 9.17) is 9.47 Å². The van der Waals surface area contributed by atoms with Gasteiger partial charge in [0, 0.05) is 24.9 Å². The van der Waals surface area contributed by atoms with E-state index >= 15 is 0 Å². The van der Waals surface area contributed by atoms with Crippen LogP contribution in [0, 0.1) is 23.7 Å². The number of aliphatic hydroxyl groups is 1. The zero-order valence-electron chi connectivity index (χ0n) is 10.5. The van der Waals surface area contributed by atoms with Crippen molar-refractivity contribution in [3.63, 3.8) is 0 Å². The van der Waals surface area contributed by atoms with Crippen LogP contribution in [-0.2, 0) is 19.1 Å². The first-order valence-corrected chi connectivity index (χ1v) is 6.93. The maximum Gasteiger partial charge on any atom is 0.310 e. The number of fused-ring (bicyclic) bond motifs is 1. The van der Waals surface area contributed by atoms with Gasteiger partial charge < -0.3 is 19.5 Å². The van der Waals surface area contributed by atoms with Crippen molar-refractivity contribution in [2.24, 2.45) is 23.7 Å². The number of hydrogen-bond donors (Lipinski definition) is 1. The van der Waals surface area contributed by atoms with Crippen molar-refractivity contribution in [3.05, 3.63) is 0 Å². The lowest BCUT2D eigenvalue weighted by molar-refractivity contribution is -0.149. The Balaban J connectivity index is 1.61. The molecule has 2 saturated carbocycles. The van der Waals surface area contributed by atoms with Crippen LogP contribution in [0.1, 0.15) is 6.42 Å². The van der Waals surface area contributed by atoms with Gasteiger partial charge in [0.25, 0.3) is 0 Å². The van der Waals surface area contributed by atoms with Crippen molar-refractivity contribution in [3.8, 4) is 0 Å². The van der Waals surface area contributed by atoms with Crippen molar-refractivity contribution >= 4 is 11.9 Å². The molecule has 1 N–H and O–H groups in total. The summed E-state index contributed by atoms with van der Waals surface area (Å²) in [5.41, 5.74) is 0. The van der Waals surface area contributed by atoms with Gasteiger partial charge in [0.1, 0.15) is 6.10 Å². The molecule has 0 aromatic rings. The number of nitrogens with zero attached hydrogens (tertiary/aromatic N) is 1. The highest BCUT2D eigenvalue weighted by Crippen LogP contribution is 2.58. The van der Waals surface area contributed by atoms with Gasteiger partial charge in [0.05, 0.1) is 31.2 Å². The number of carbonyl (C=O) groups excluding carboxylic acids is 2. The highest BCUT2D eigenvalue weighted by molar-refractivity contribution is 5.88. The van der Waals surface area contributed by atoms with Crippen LogP contribution in [-0.4, -0.2) is 60.4 Å². The molecule has 4 aliphatic rings. The fourth-order valence-corrected chi connectivity index (χ4v) is 4.35. The van der Waals surface area contributed by atoms with Crippen LogP contribution in [0.3, 0.4) is 0 Å². The smallest absolute Gasteiger partial charge is 0.310 e. The minimum Gasteiger partial charge on any atom is -0.459 e. The second-order valence-electron chi connectivity index (χ2n) is 5.94. The summed E-state index contributed by atoms with van der Waals surface area (Å²) in [5, 5.41) is 10.2. The molecule has 6 heteroatoms. The quantitative estimate of drug-likeness (QED) is 0.618. The van der Waals surface area contributed by atoms with E-state index in [1.165, 1.54) is 0 Å². The molecule has 0 aromatic heterocycles. The minimum atomic E-state index is -0.664. The van der Waals surface area contributed by atoms with Gasteiger partial charge in [0.2, 0.25) is 5.91 Å². The fourth-order valence-electron chi connectivity index (χ4n) is 4.35. The van der Waals surface area contributed by atoms with Crippen LogP contribution < -0.4 is 0 Å². The lowest BCUT2D eigenvalue weighted by Gasteiger charge is -2.34. The van der Waals surface area contributed by atoms with Crippen molar-refractivity contribution in [2.45, 2.75) is 18.6 Å². The molecular formula is C13H17NO5. The summed E-state index contributed by atoms with van der Waals surface area (Å²) >= 11 is 0. The van der Waals surface area contributed by atoms with Crippen LogP contribution >= 0.6 is 0 Å². The van der Waals surface area contributed by atoms with Crippen molar-refractivity contribution in [2.75, 3.05) is 26.3 Å². The van der Waals surface area contributed by atoms with Crippen molar-refractivity contribution in [1.29, 1.82) is 0 Å². The van der Waals surface area contributed by atoms with E-state index in [2.05, 4.69) is 0 Å². The standard InChI is InChI=1S/C13H17NO5/c15-10-6-5-7-9(13(17)19-11(7)10)8(6)12(16)14-1-3-18-4-2-14/h6-11,15H,1-5H2/t6-,7-,8+,9-,10+,11-/m0/s1. The van der Waals surface area contributed by atoms with Gasteiger partial charge in [-0.2, -0.15) is 0 Å². The number of ether oxygens (including phenoxy) is 2. The molecule has 2 aliphatic heterocycles. The first-order chi connectivity index (χ1) is 9.18. The Morgan fingerprint density at radius 3 is 2.74 bits per heavy atom. The number of amides is 1. The minimum absolute atomic E-state index is 0.00264. The summed E-state index contributed by atoms with van der Waals surface area (Å²) in [4.78, 5) is 26.3. The van der Waals surface area contributed by atoms with Crippen molar-refractivity contribution < 1.29 is 24.2 Å². The lowest BCUT2D eigenvalue weighted by Crippen LogP contribution is -2.49. The number of hydrogen-bond acceptors (Lipinski definition) is 5. The number of carbonyl (C=O) groups is 2. The average molecular weight is 267 g/mol. The first kappa shape index (κ1) is 11.7. The van der Waals surface area contributed by atoms with E-state index in [1.54, 1.807) is 4.90 Å². The number of rotatable bonds is 1. The van der Waals surface area contributed by atoms with E-state index in [9.17, 15) is 14.7 Å². The maximum absolute atomic E-state index is 12.6. The molecule has 6 nitrogen and oxygen atoms in total. The molecular weight excluding hydrogens is 250 g/mol. The Labute approximate surface area is 110 Å². The third kappa shape index (κ3) is 1.44. The van der Waals surface area contributed by atoms with Crippen molar-refractivity contribution in [1.82, 2.24) is 4.90 Å². The Morgan fingerprint density at radius 1 is 1.26 bits per heavy atom. The van der Waals surface area contributed by atoms with Crippen LogP contribution in [0.25, 0.3) is 0 Å². The lowest BCUT2D eigenvalue weighted by atomic mass is 9.77. The van der Waals surface area contributed by atoms with Gasteiger partial charge >= 0.3 is 5.97 Å². The van der Waals surface area contributed by atoms with E-state index in [1.807, 2.05) is 0 Å². The Morgan fingerprint density at radius 2 is 2.00 bits per heavy atom. The zero-order chi connectivity index (χ0) is 13.1. The molecule has 2 bridgehead atoms. The van der Waals surface area contributed by atoms with Gasteiger partial charge in [-0.05, 0) is 6.42 Å². The number of aliphatic hydroxyl groups excluding tert-OH is 1. The van der Waals surface area contributed by atoms with E-state index in [0.29, 0.717) is 26.3 Å². The molecule has 2 aliphatic carbocycles. The van der Waals surface area contributed by atoms with E-state index in [0.717, 1.165) is 6.42 Å². The summed E-state index contributed by atoms with van der Waals surface area (Å²) in [6.45, 7) is 2.25. The van der Waals surface area contributed by atoms with Gasteiger partial charge in [0.15, 0.2) is 0 Å². The molecule has 4 rings (SSSR count). The van der Waals surface area contributed by atoms with E-state index in [-0.39, 0.29) is 41.7 Å². The zero-order valence-corrected chi connectivity index (χ0v) is 10.5. The summed E-state index contributed by atoms with van der Waals surface area (Å²) < 4.78 is 10.5. The molecule has 0 spiro atoms. The summed E-state index contributed by atoms with van der Waals surface area (Å²) in [7, 11) is 0. The van der Waals surface area contributed by atoms with Crippen LogP contribution in [0.4, 0.5) is 0 Å². The predicted octanol–water partition coefficient (Wildman–Crippen LogP) is -0.986. The molecule has 2 heterocycles. The maximum atomic E-state index is 12.6. The molecule has 0 radical (unpaired) electrons. The summed E-state index contributed by atoms with van der Waals surface area (Å²) in [6, 6.07) is 0. The highest BCUT2D eigenvalue weighted by Gasteiger charge is 2.68. The molecule has 0 unspecified atom stereocenters. The third-order valence-corrected chi connectivity index (χ3v) is 5.18. The van der Waals surface area contributed by atoms with Crippen LogP contribution in [0.2, 0.25) is 0 Å². The van der Waals surface area contributed by atoms with Crippen LogP contribution in [0.15, 0.2) is 0 Å². The molecule has 0 aromatic carbocycles. The topological polar surface area (TPSA) is 76.1 Å². The number of esters is 1. The Hall–Kier alpha value is -1.14. The second-order valence-corrected chi connectivity index (χ2v) is 5.94. The Kier molecular flexibility index (Phi) is 2.41. The molecule has 1 amide bonds. The summed E-state index contributed by atoms with van der Waals surface area (Å²) in [6.07, 6.45) is -0.290. The normalized spacial score (nSPS) is 47.6. The molecule has 2 saturated heterocycles. The van der Waals surface area contributed by atoms with Gasteiger partial charge in [-0.1, -0.05) is 0 Å². The SMILES string of the molecule is O=C1O[C@@H]2[C@H](O)[C@H]3C[C@H]2[C@H]1[C@@H]3C(=O)N1CCOCC1. The molecule has 104 valence electrons. The third-order valence-electron chi connectivity index (χ3n) is 5.18. The average Bonchev–Trinajstić information content (AvgIpc) is 3.03. The largest absolute Gasteiger partial charge is 0.459 e. The van der Waals surface area contributed by atoms with Gasteiger partial charge in [-0.25, -0.2) is 0 Å². The predicted molar refractivity (Wildman–Crippen MR) is 61.9 cm³/mol. The second kappa shape index (κ2) is 3.93. The fraction of sp³-hybridized carbons (Fsp3) is 0.846. The van der Waals surface area contributed by atoms with Gasteiger partial charge in [-0.3, -0.25) is 9.59 Å². The Bertz CT molecular complexity index is 433. The molecule has 6 atom stereocenters. The number of morpholine rings is 1. The van der Waals surface area contributed by atoms with E-state index < -0.39 is 6.10 Å². The monoisotopic (exact) mass is 267 g/mol. The first-order valence-electron chi connectivity index (χ1n) is 6.93. The highest BCUT2D eigenvalue weighted by atomic mass is 16.6. The molecule has 19 heavy (non-hydrogen) atoms. The summed E-state index contributed by atoms with van der Waals surface area (Å²) in [5.74, 6) is -1.07. The van der Waals surface area contributed by atoms with Crippen LogP contribution in [0.5, 0.6) is 0 Å².